The Hall–Kier alpha value is -0.750. The van der Waals surface area contributed by atoms with Gasteiger partial charge in [0.25, 0.3) is 0 Å². The highest BCUT2D eigenvalue weighted by atomic mass is 32.2. The van der Waals surface area contributed by atoms with E-state index in [9.17, 15) is 14.7 Å². The van der Waals surface area contributed by atoms with Crippen LogP contribution in [0, 0.1) is 5.41 Å². The van der Waals surface area contributed by atoms with Crippen LogP contribution in [-0.2, 0) is 33.3 Å². The maximum Gasteiger partial charge on any atom is 0.242 e. The van der Waals surface area contributed by atoms with Crippen molar-refractivity contribution < 1.29 is 38.4 Å². The number of aliphatic hydroxyl groups is 1. The molecule has 1 fully saturated rings. The summed E-state index contributed by atoms with van der Waals surface area (Å²) in [6.45, 7) is 17.4. The fourth-order valence-electron chi connectivity index (χ4n) is 3.78. The van der Waals surface area contributed by atoms with Gasteiger partial charge in [-0.05, 0) is 68.1 Å². The molecule has 1 heterocycles. The molecule has 1 rings (SSSR count). The number of ether oxygens (including phenoxy) is 5. The van der Waals surface area contributed by atoms with Crippen molar-refractivity contribution in [1.29, 1.82) is 0 Å². The van der Waals surface area contributed by atoms with Crippen LogP contribution < -0.4 is 0 Å². The van der Waals surface area contributed by atoms with Crippen LogP contribution >= 0.6 is 11.8 Å². The summed E-state index contributed by atoms with van der Waals surface area (Å²) in [6, 6.07) is 0. The van der Waals surface area contributed by atoms with Gasteiger partial charge in [0, 0.05) is 20.1 Å². The van der Waals surface area contributed by atoms with Gasteiger partial charge < -0.3 is 28.8 Å². The van der Waals surface area contributed by atoms with Crippen LogP contribution in [0.5, 0.6) is 0 Å². The number of likely N-dealkylation sites (tertiary alicyclic amines) is 1. The Morgan fingerprint density at radius 3 is 1.97 bits per heavy atom. The Bertz CT molecular complexity index is 727. The minimum absolute atomic E-state index is 0.0283. The quantitative estimate of drug-likeness (QED) is 0.243. The molecule has 1 aliphatic rings. The first-order valence-electron chi connectivity index (χ1n) is 13.0. The van der Waals surface area contributed by atoms with Gasteiger partial charge in [0.05, 0.1) is 73.2 Å². The first-order valence-corrected chi connectivity index (χ1v) is 14.3. The van der Waals surface area contributed by atoms with E-state index in [-0.39, 0.29) is 49.3 Å². The van der Waals surface area contributed by atoms with Crippen molar-refractivity contribution in [1.82, 2.24) is 4.90 Å². The lowest BCUT2D eigenvalue weighted by atomic mass is 9.91. The molecule has 218 valence electrons. The van der Waals surface area contributed by atoms with Crippen LogP contribution in [0.25, 0.3) is 0 Å². The zero-order valence-electron chi connectivity index (χ0n) is 24.7. The number of hydrogen-bond donors (Lipinski definition) is 1. The minimum Gasteiger partial charge on any atom is -0.396 e. The van der Waals surface area contributed by atoms with Crippen molar-refractivity contribution in [2.24, 2.45) is 5.41 Å². The molecule has 0 spiro atoms. The zero-order valence-corrected chi connectivity index (χ0v) is 25.5. The molecule has 2 amide bonds. The fraction of sp³-hybridized carbons (Fsp3) is 0.926. The van der Waals surface area contributed by atoms with Gasteiger partial charge in [0.15, 0.2) is 0 Å². The molecule has 1 N–H and O–H groups in total. The zero-order chi connectivity index (χ0) is 28.5. The SMILES string of the molecule is COCC(COC(C)C)(COC(C)(C)CCO)COC(C)(C)COC(C)(C)CN1C(=O)CC(SC)C1=O. The molecule has 0 saturated carbocycles. The monoisotopic (exact) mass is 549 g/mol. The molecule has 2 atom stereocenters. The summed E-state index contributed by atoms with van der Waals surface area (Å²) in [5, 5.41) is 9.07. The Labute approximate surface area is 228 Å². The van der Waals surface area contributed by atoms with Crippen LogP contribution in [0.2, 0.25) is 0 Å². The topological polar surface area (TPSA) is 104 Å². The van der Waals surface area contributed by atoms with Crippen LogP contribution in [0.15, 0.2) is 0 Å². The molecule has 37 heavy (non-hydrogen) atoms. The van der Waals surface area contributed by atoms with Gasteiger partial charge in [-0.25, -0.2) is 0 Å². The largest absolute Gasteiger partial charge is 0.396 e. The summed E-state index contributed by atoms with van der Waals surface area (Å²) >= 11 is 1.40. The first kappa shape index (κ1) is 34.3. The Kier molecular flexibility index (Phi) is 13.5. The van der Waals surface area contributed by atoms with Gasteiger partial charge in [-0.3, -0.25) is 14.5 Å². The third kappa shape index (κ3) is 11.9. The molecule has 1 saturated heterocycles. The van der Waals surface area contributed by atoms with E-state index >= 15 is 0 Å². The van der Waals surface area contributed by atoms with E-state index < -0.39 is 22.2 Å². The van der Waals surface area contributed by atoms with Crippen molar-refractivity contribution in [3.63, 3.8) is 0 Å². The highest BCUT2D eigenvalue weighted by Crippen LogP contribution is 2.29. The molecule has 10 heteroatoms. The van der Waals surface area contributed by atoms with E-state index in [4.69, 9.17) is 23.7 Å². The Morgan fingerprint density at radius 2 is 1.49 bits per heavy atom. The number of imide groups is 1. The number of aliphatic hydroxyl groups excluding tert-OH is 1. The lowest BCUT2D eigenvalue weighted by Gasteiger charge is -2.39. The number of thioether (sulfide) groups is 1. The number of carbonyl (C=O) groups is 2. The van der Waals surface area contributed by atoms with Crippen molar-refractivity contribution in [3.8, 4) is 0 Å². The highest BCUT2D eigenvalue weighted by molar-refractivity contribution is 8.00. The average molecular weight is 550 g/mol. The summed E-state index contributed by atoms with van der Waals surface area (Å²) in [5.74, 6) is -0.307. The first-order chi connectivity index (χ1) is 17.0. The lowest BCUT2D eigenvalue weighted by Crippen LogP contribution is -2.49. The van der Waals surface area contributed by atoms with Gasteiger partial charge in [0.1, 0.15) is 0 Å². The predicted molar refractivity (Wildman–Crippen MR) is 146 cm³/mol. The standard InChI is InChI=1S/C27H51NO8S/c1-20(2)33-17-27(16-32-9,18-35-24(3,4)11-12-29)19-36-26(7,8)15-34-25(5,6)14-28-22(30)13-21(37-10)23(28)31/h20-21,29H,11-19H2,1-10H3. The average Bonchev–Trinajstić information content (AvgIpc) is 3.06. The van der Waals surface area contributed by atoms with Gasteiger partial charge in [-0.1, -0.05) is 0 Å². The second-order valence-electron chi connectivity index (χ2n) is 12.2. The Morgan fingerprint density at radius 1 is 0.919 bits per heavy atom. The van der Waals surface area contributed by atoms with E-state index in [1.165, 1.54) is 16.7 Å². The number of carbonyl (C=O) groups excluding carboxylic acids is 2. The number of methoxy groups -OCH3 is 1. The maximum absolute atomic E-state index is 12.5. The molecule has 0 aliphatic carbocycles. The smallest absolute Gasteiger partial charge is 0.242 e. The molecule has 0 bridgehead atoms. The molecule has 0 aromatic carbocycles. The molecular formula is C27H51NO8S. The third-order valence-electron chi connectivity index (χ3n) is 6.26. The van der Waals surface area contributed by atoms with Gasteiger partial charge in [-0.15, -0.1) is 0 Å². The van der Waals surface area contributed by atoms with Crippen LogP contribution in [-0.4, -0.2) is 110 Å². The number of rotatable bonds is 19. The second kappa shape index (κ2) is 14.6. The van der Waals surface area contributed by atoms with E-state index in [0.29, 0.717) is 32.8 Å². The minimum atomic E-state index is -0.735. The summed E-state index contributed by atoms with van der Waals surface area (Å²) in [4.78, 5) is 26.2. The van der Waals surface area contributed by atoms with Gasteiger partial charge >= 0.3 is 0 Å². The van der Waals surface area contributed by atoms with Crippen LogP contribution in [0.3, 0.4) is 0 Å². The third-order valence-corrected chi connectivity index (χ3v) is 7.20. The van der Waals surface area contributed by atoms with Crippen LogP contribution in [0.1, 0.15) is 68.2 Å². The van der Waals surface area contributed by atoms with Gasteiger partial charge in [-0.2, -0.15) is 11.8 Å². The maximum atomic E-state index is 12.5. The predicted octanol–water partition coefficient (Wildman–Crippen LogP) is 3.30. The highest BCUT2D eigenvalue weighted by Gasteiger charge is 2.42. The van der Waals surface area contributed by atoms with Crippen molar-refractivity contribution in [3.05, 3.63) is 0 Å². The molecule has 1 aliphatic heterocycles. The van der Waals surface area contributed by atoms with Gasteiger partial charge in [0.2, 0.25) is 11.8 Å². The van der Waals surface area contributed by atoms with E-state index in [2.05, 4.69) is 0 Å². The number of hydrogen-bond acceptors (Lipinski definition) is 9. The molecule has 2 unspecified atom stereocenters. The van der Waals surface area contributed by atoms with Crippen LogP contribution in [0.4, 0.5) is 0 Å². The van der Waals surface area contributed by atoms with E-state index in [1.54, 1.807) is 7.11 Å². The fourth-order valence-corrected chi connectivity index (χ4v) is 4.42. The molecule has 0 radical (unpaired) electrons. The molecule has 0 aromatic rings. The lowest BCUT2D eigenvalue weighted by molar-refractivity contribution is -0.181. The van der Waals surface area contributed by atoms with Crippen molar-refractivity contribution >= 4 is 23.6 Å². The van der Waals surface area contributed by atoms with E-state index in [1.807, 2.05) is 61.6 Å². The molecule has 9 nitrogen and oxygen atoms in total. The van der Waals surface area contributed by atoms with E-state index in [0.717, 1.165) is 0 Å². The van der Waals surface area contributed by atoms with Crippen molar-refractivity contribution in [2.45, 2.75) is 96.4 Å². The summed E-state index contributed by atoms with van der Waals surface area (Å²) in [5.41, 5.74) is -2.48. The molecular weight excluding hydrogens is 498 g/mol. The molecule has 0 aromatic heterocycles. The second-order valence-corrected chi connectivity index (χ2v) is 13.2. The summed E-state index contributed by atoms with van der Waals surface area (Å²) in [7, 11) is 1.64. The number of amides is 2. The summed E-state index contributed by atoms with van der Waals surface area (Å²) in [6.07, 6.45) is 2.62. The number of nitrogens with zero attached hydrogens (tertiary/aromatic N) is 1. The van der Waals surface area contributed by atoms with Crippen molar-refractivity contribution in [2.75, 3.05) is 59.6 Å². The Balaban J connectivity index is 2.85. The summed E-state index contributed by atoms with van der Waals surface area (Å²) < 4.78 is 30.3. The normalized spacial score (nSPS) is 19.2.